The first-order chi connectivity index (χ1) is 7.59. The zero-order valence-electron chi connectivity index (χ0n) is 10.0. The highest BCUT2D eigenvalue weighted by Crippen LogP contribution is 2.34. The van der Waals surface area contributed by atoms with Crippen LogP contribution in [-0.4, -0.2) is 18.8 Å². The Morgan fingerprint density at radius 3 is 2.56 bits per heavy atom. The van der Waals surface area contributed by atoms with Gasteiger partial charge in [0.25, 0.3) is 0 Å². The first kappa shape index (κ1) is 10.9. The Morgan fingerprint density at radius 1 is 1.31 bits per heavy atom. The number of benzene rings is 1. The molecule has 1 aromatic rings. The summed E-state index contributed by atoms with van der Waals surface area (Å²) in [5.41, 5.74) is 2.35. The normalized spacial score (nSPS) is 15.9. The second-order valence-corrected chi connectivity index (χ2v) is 4.51. The molecule has 0 aliphatic carbocycles. The summed E-state index contributed by atoms with van der Waals surface area (Å²) >= 11 is 0. The summed E-state index contributed by atoms with van der Waals surface area (Å²) in [6, 6.07) is 8.22. The third kappa shape index (κ3) is 1.85. The Balaban J connectivity index is 2.31. The number of hydrogen-bond donors (Lipinski definition) is 1. The van der Waals surface area contributed by atoms with Gasteiger partial charge < -0.3 is 14.9 Å². The van der Waals surface area contributed by atoms with E-state index in [1.54, 1.807) is 0 Å². The first-order valence-electron chi connectivity index (χ1n) is 5.57. The van der Waals surface area contributed by atoms with E-state index in [-0.39, 0.29) is 5.92 Å². The van der Waals surface area contributed by atoms with Crippen molar-refractivity contribution in [1.29, 1.82) is 0 Å². The Bertz CT molecular complexity index is 412. The number of rotatable bonds is 2. The molecule has 0 fully saturated rings. The van der Waals surface area contributed by atoms with Crippen molar-refractivity contribution in [3.05, 3.63) is 36.2 Å². The van der Waals surface area contributed by atoms with Crippen molar-refractivity contribution >= 4 is 11.4 Å². The summed E-state index contributed by atoms with van der Waals surface area (Å²) in [6.45, 7) is 4.76. The molecule has 3 heteroatoms. The van der Waals surface area contributed by atoms with Crippen molar-refractivity contribution in [3.63, 3.8) is 0 Å². The van der Waals surface area contributed by atoms with Crippen LogP contribution >= 0.6 is 0 Å². The fraction of sp³-hybridized carbons (Fsp3) is 0.385. The maximum atomic E-state index is 9.80. The number of hydrogen-bond acceptors (Lipinski definition) is 3. The van der Waals surface area contributed by atoms with E-state index in [0.29, 0.717) is 5.76 Å². The minimum atomic E-state index is 0.165. The van der Waals surface area contributed by atoms with Crippen LogP contribution in [-0.2, 0) is 0 Å². The predicted molar refractivity (Wildman–Crippen MR) is 67.7 cm³/mol. The fourth-order valence-electron chi connectivity index (χ4n) is 1.83. The standard InChI is InChI=1S/C13H18N2O/c1-10(2)13(16)8-15-9-14(3)11-6-4-5-7-12(11)15/h4-8,10,16H,9H2,1-3H3/b13-8-. The van der Waals surface area contributed by atoms with Gasteiger partial charge in [0.1, 0.15) is 5.76 Å². The number of fused-ring (bicyclic) bond motifs is 1. The number of aliphatic hydroxyl groups excluding tert-OH is 1. The lowest BCUT2D eigenvalue weighted by molar-refractivity contribution is 0.349. The van der Waals surface area contributed by atoms with E-state index in [0.717, 1.165) is 12.4 Å². The molecule has 0 radical (unpaired) electrons. The molecule has 86 valence electrons. The van der Waals surface area contributed by atoms with Crippen LogP contribution in [0.2, 0.25) is 0 Å². The molecule has 0 saturated carbocycles. The van der Waals surface area contributed by atoms with Crippen molar-refractivity contribution in [2.75, 3.05) is 23.5 Å². The van der Waals surface area contributed by atoms with Gasteiger partial charge in [-0.1, -0.05) is 26.0 Å². The van der Waals surface area contributed by atoms with Crippen LogP contribution < -0.4 is 9.80 Å². The van der Waals surface area contributed by atoms with Gasteiger partial charge in [0.15, 0.2) is 0 Å². The van der Waals surface area contributed by atoms with Gasteiger partial charge in [-0.25, -0.2) is 0 Å². The number of aliphatic hydroxyl groups is 1. The third-order valence-electron chi connectivity index (χ3n) is 2.85. The topological polar surface area (TPSA) is 26.7 Å². The third-order valence-corrected chi connectivity index (χ3v) is 2.85. The Hall–Kier alpha value is -1.64. The lowest BCUT2D eigenvalue weighted by Gasteiger charge is -2.16. The molecule has 1 aliphatic rings. The molecule has 0 spiro atoms. The van der Waals surface area contributed by atoms with Gasteiger partial charge in [0.2, 0.25) is 0 Å². The van der Waals surface area contributed by atoms with Crippen molar-refractivity contribution in [1.82, 2.24) is 0 Å². The van der Waals surface area contributed by atoms with Gasteiger partial charge in [-0.3, -0.25) is 0 Å². The van der Waals surface area contributed by atoms with Crippen LogP contribution in [0.3, 0.4) is 0 Å². The maximum Gasteiger partial charge on any atom is 0.111 e. The second kappa shape index (κ2) is 4.08. The number of anilines is 2. The van der Waals surface area contributed by atoms with Crippen LogP contribution in [0.5, 0.6) is 0 Å². The Morgan fingerprint density at radius 2 is 1.94 bits per heavy atom. The van der Waals surface area contributed by atoms with Crippen LogP contribution in [0.15, 0.2) is 36.2 Å². The summed E-state index contributed by atoms with van der Waals surface area (Å²) in [6.07, 6.45) is 1.83. The average Bonchev–Trinajstić information content (AvgIpc) is 2.57. The van der Waals surface area contributed by atoms with E-state index in [4.69, 9.17) is 0 Å². The predicted octanol–water partition coefficient (Wildman–Crippen LogP) is 2.96. The summed E-state index contributed by atoms with van der Waals surface area (Å²) < 4.78 is 0. The van der Waals surface area contributed by atoms with E-state index in [2.05, 4.69) is 29.0 Å². The molecule has 1 N–H and O–H groups in total. The van der Waals surface area contributed by atoms with Crippen molar-refractivity contribution in [2.24, 2.45) is 5.92 Å². The van der Waals surface area contributed by atoms with Gasteiger partial charge >= 0.3 is 0 Å². The monoisotopic (exact) mass is 218 g/mol. The highest BCUT2D eigenvalue weighted by molar-refractivity contribution is 5.76. The molecule has 1 aliphatic heterocycles. The van der Waals surface area contributed by atoms with E-state index < -0.39 is 0 Å². The molecule has 16 heavy (non-hydrogen) atoms. The summed E-state index contributed by atoms with van der Waals surface area (Å²) in [7, 11) is 2.05. The highest BCUT2D eigenvalue weighted by Gasteiger charge is 2.21. The zero-order valence-corrected chi connectivity index (χ0v) is 10.0. The molecule has 1 heterocycles. The molecule has 0 aromatic heterocycles. The van der Waals surface area contributed by atoms with Gasteiger partial charge in [-0.2, -0.15) is 0 Å². The van der Waals surface area contributed by atoms with Crippen molar-refractivity contribution in [3.8, 4) is 0 Å². The van der Waals surface area contributed by atoms with Gasteiger partial charge in [0, 0.05) is 19.2 Å². The molecular formula is C13H18N2O. The zero-order chi connectivity index (χ0) is 11.7. The molecule has 0 bridgehead atoms. The minimum Gasteiger partial charge on any atom is -0.511 e. The average molecular weight is 218 g/mol. The van der Waals surface area contributed by atoms with Crippen LogP contribution in [0.1, 0.15) is 13.8 Å². The van der Waals surface area contributed by atoms with Gasteiger partial charge in [-0.05, 0) is 12.1 Å². The quantitative estimate of drug-likeness (QED) is 0.773. The van der Waals surface area contributed by atoms with E-state index in [9.17, 15) is 5.11 Å². The lowest BCUT2D eigenvalue weighted by Crippen LogP contribution is -2.24. The summed E-state index contributed by atoms with van der Waals surface area (Å²) in [4.78, 5) is 4.24. The second-order valence-electron chi connectivity index (χ2n) is 4.51. The SMILES string of the molecule is CC(C)/C(O)=C/N1CN(C)c2ccccc21. The molecule has 2 rings (SSSR count). The first-order valence-corrected chi connectivity index (χ1v) is 5.57. The Kier molecular flexibility index (Phi) is 2.77. The maximum absolute atomic E-state index is 9.80. The van der Waals surface area contributed by atoms with Crippen LogP contribution in [0.25, 0.3) is 0 Å². The molecule has 0 unspecified atom stereocenters. The Labute approximate surface area is 96.6 Å². The van der Waals surface area contributed by atoms with Crippen LogP contribution in [0, 0.1) is 5.92 Å². The van der Waals surface area contributed by atoms with E-state index in [1.807, 2.05) is 32.2 Å². The molecule has 0 amide bonds. The molecule has 1 aromatic carbocycles. The largest absolute Gasteiger partial charge is 0.511 e. The molecule has 0 atom stereocenters. The number of para-hydroxylation sites is 2. The van der Waals surface area contributed by atoms with Crippen LogP contribution in [0.4, 0.5) is 11.4 Å². The summed E-state index contributed by atoms with van der Waals surface area (Å²) in [5.74, 6) is 0.586. The lowest BCUT2D eigenvalue weighted by atomic mass is 10.2. The molecular weight excluding hydrogens is 200 g/mol. The number of nitrogens with zero attached hydrogens (tertiary/aromatic N) is 2. The van der Waals surface area contributed by atoms with E-state index >= 15 is 0 Å². The smallest absolute Gasteiger partial charge is 0.111 e. The number of allylic oxidation sites excluding steroid dienone is 1. The van der Waals surface area contributed by atoms with Gasteiger partial charge in [0.05, 0.1) is 18.0 Å². The van der Waals surface area contributed by atoms with Crippen molar-refractivity contribution < 1.29 is 5.11 Å². The fourth-order valence-corrected chi connectivity index (χ4v) is 1.83. The highest BCUT2D eigenvalue weighted by atomic mass is 16.3. The molecule has 0 saturated heterocycles. The summed E-state index contributed by atoms with van der Waals surface area (Å²) in [5, 5.41) is 9.80. The van der Waals surface area contributed by atoms with Gasteiger partial charge in [-0.15, -0.1) is 0 Å². The minimum absolute atomic E-state index is 0.165. The van der Waals surface area contributed by atoms with E-state index in [1.165, 1.54) is 5.69 Å². The molecule has 3 nitrogen and oxygen atoms in total. The van der Waals surface area contributed by atoms with Crippen molar-refractivity contribution in [2.45, 2.75) is 13.8 Å².